The standard InChI is InChI=1S/C13H16Cl2N2O3S/c1-2-17(7-8-3-4-8)13(18)11-9(14)5-6-10(12(11)15)21(16,19)20/h5-6,8H,2-4,7H2,1H3,(H2,16,19,20). The summed E-state index contributed by atoms with van der Waals surface area (Å²) in [5.74, 6) is 0.137. The molecule has 8 heteroatoms. The van der Waals surface area contributed by atoms with E-state index in [1.54, 1.807) is 4.90 Å². The minimum absolute atomic E-state index is 0.00708. The lowest BCUT2D eigenvalue weighted by Crippen LogP contribution is -2.33. The van der Waals surface area contributed by atoms with Crippen LogP contribution in [0.15, 0.2) is 17.0 Å². The Labute approximate surface area is 134 Å². The lowest BCUT2D eigenvalue weighted by molar-refractivity contribution is 0.0757. The molecule has 1 amide bonds. The van der Waals surface area contributed by atoms with Gasteiger partial charge < -0.3 is 4.90 Å². The van der Waals surface area contributed by atoms with Gasteiger partial charge in [-0.25, -0.2) is 13.6 Å². The summed E-state index contributed by atoms with van der Waals surface area (Å²) in [6.45, 7) is 2.98. The molecule has 0 unspecified atom stereocenters. The van der Waals surface area contributed by atoms with Crippen LogP contribution >= 0.6 is 23.2 Å². The second-order valence-electron chi connectivity index (χ2n) is 5.07. The zero-order chi connectivity index (χ0) is 15.8. The molecule has 0 aromatic heterocycles. The van der Waals surface area contributed by atoms with Gasteiger partial charge in [-0.15, -0.1) is 0 Å². The number of amides is 1. The third-order valence-corrected chi connectivity index (χ3v) is 5.19. The molecule has 0 aliphatic heterocycles. The number of sulfonamides is 1. The van der Waals surface area contributed by atoms with Gasteiger partial charge >= 0.3 is 0 Å². The Morgan fingerprint density at radius 3 is 2.48 bits per heavy atom. The summed E-state index contributed by atoms with van der Waals surface area (Å²) in [4.78, 5) is 13.9. The first-order chi connectivity index (χ1) is 9.75. The van der Waals surface area contributed by atoms with Crippen molar-refractivity contribution < 1.29 is 13.2 Å². The van der Waals surface area contributed by atoms with E-state index in [1.807, 2.05) is 6.92 Å². The number of halogens is 2. The zero-order valence-corrected chi connectivity index (χ0v) is 13.8. The van der Waals surface area contributed by atoms with Gasteiger partial charge in [-0.1, -0.05) is 23.2 Å². The Balaban J connectivity index is 2.44. The van der Waals surface area contributed by atoms with Crippen LogP contribution in [0.3, 0.4) is 0 Å². The van der Waals surface area contributed by atoms with Crippen molar-refractivity contribution in [1.29, 1.82) is 0 Å². The second kappa shape index (κ2) is 6.12. The average Bonchev–Trinajstić information content (AvgIpc) is 3.17. The topological polar surface area (TPSA) is 80.5 Å². The second-order valence-corrected chi connectivity index (χ2v) is 7.38. The van der Waals surface area contributed by atoms with Crippen molar-refractivity contribution in [3.8, 4) is 0 Å². The summed E-state index contributed by atoms with van der Waals surface area (Å²) in [5, 5.41) is 4.99. The van der Waals surface area contributed by atoms with Crippen LogP contribution in [0.1, 0.15) is 30.1 Å². The smallest absolute Gasteiger partial charge is 0.256 e. The molecule has 0 bridgehead atoms. The van der Waals surface area contributed by atoms with Crippen molar-refractivity contribution in [2.75, 3.05) is 13.1 Å². The fourth-order valence-corrected chi connectivity index (χ4v) is 3.54. The third kappa shape index (κ3) is 3.69. The van der Waals surface area contributed by atoms with E-state index in [4.69, 9.17) is 28.3 Å². The van der Waals surface area contributed by atoms with E-state index in [-0.39, 0.29) is 26.4 Å². The van der Waals surface area contributed by atoms with E-state index in [0.717, 1.165) is 12.8 Å². The van der Waals surface area contributed by atoms with Crippen LogP contribution in [0, 0.1) is 5.92 Å². The Kier molecular flexibility index (Phi) is 4.82. The number of hydrogen-bond acceptors (Lipinski definition) is 3. The molecule has 2 N–H and O–H groups in total. The van der Waals surface area contributed by atoms with Crippen molar-refractivity contribution in [3.63, 3.8) is 0 Å². The van der Waals surface area contributed by atoms with Crippen molar-refractivity contribution in [2.45, 2.75) is 24.7 Å². The van der Waals surface area contributed by atoms with Crippen LogP contribution in [0.2, 0.25) is 10.0 Å². The number of hydrogen-bond donors (Lipinski definition) is 1. The van der Waals surface area contributed by atoms with Gasteiger partial charge in [-0.2, -0.15) is 0 Å². The van der Waals surface area contributed by atoms with Gasteiger partial charge in [0.25, 0.3) is 5.91 Å². The number of nitrogens with zero attached hydrogens (tertiary/aromatic N) is 1. The zero-order valence-electron chi connectivity index (χ0n) is 11.5. The minimum atomic E-state index is -4.01. The lowest BCUT2D eigenvalue weighted by atomic mass is 10.2. The van der Waals surface area contributed by atoms with Crippen LogP contribution in [0.4, 0.5) is 0 Å². The van der Waals surface area contributed by atoms with Gasteiger partial charge in [-0.3, -0.25) is 4.79 Å². The molecular weight excluding hydrogens is 335 g/mol. The Morgan fingerprint density at radius 1 is 1.38 bits per heavy atom. The molecule has 1 saturated carbocycles. The first-order valence-corrected chi connectivity index (χ1v) is 8.86. The maximum atomic E-state index is 12.6. The minimum Gasteiger partial charge on any atom is -0.339 e. The fraction of sp³-hybridized carbons (Fsp3) is 0.462. The summed E-state index contributed by atoms with van der Waals surface area (Å²) in [6.07, 6.45) is 2.20. The number of carbonyl (C=O) groups is 1. The molecule has 1 aliphatic rings. The fourth-order valence-electron chi connectivity index (χ4n) is 2.07. The van der Waals surface area contributed by atoms with Gasteiger partial charge in [0, 0.05) is 13.1 Å². The Bertz CT molecular complexity index is 672. The Hall–Kier alpha value is -0.820. The van der Waals surface area contributed by atoms with E-state index >= 15 is 0 Å². The summed E-state index contributed by atoms with van der Waals surface area (Å²) < 4.78 is 23.0. The van der Waals surface area contributed by atoms with E-state index < -0.39 is 10.0 Å². The molecule has 1 aromatic carbocycles. The maximum Gasteiger partial charge on any atom is 0.256 e. The molecule has 2 rings (SSSR count). The molecule has 0 saturated heterocycles. The van der Waals surface area contributed by atoms with Gasteiger partial charge in [0.05, 0.1) is 15.6 Å². The lowest BCUT2D eigenvalue weighted by Gasteiger charge is -2.22. The van der Waals surface area contributed by atoms with Crippen LogP contribution in [0.25, 0.3) is 0 Å². The summed E-state index contributed by atoms with van der Waals surface area (Å²) in [7, 11) is -4.01. The van der Waals surface area contributed by atoms with Crippen LogP contribution < -0.4 is 5.14 Å². The molecule has 1 aromatic rings. The molecule has 21 heavy (non-hydrogen) atoms. The van der Waals surface area contributed by atoms with Crippen LogP contribution in [-0.2, 0) is 10.0 Å². The number of primary sulfonamides is 1. The van der Waals surface area contributed by atoms with E-state index in [1.165, 1.54) is 12.1 Å². The average molecular weight is 351 g/mol. The van der Waals surface area contributed by atoms with Gasteiger partial charge in [0.15, 0.2) is 0 Å². The third-order valence-electron chi connectivity index (χ3n) is 3.42. The quantitative estimate of drug-likeness (QED) is 0.885. The Morgan fingerprint density at radius 2 is 2.00 bits per heavy atom. The number of rotatable bonds is 5. The van der Waals surface area contributed by atoms with E-state index in [9.17, 15) is 13.2 Å². The van der Waals surface area contributed by atoms with Crippen molar-refractivity contribution >= 4 is 39.1 Å². The molecule has 0 radical (unpaired) electrons. The maximum absolute atomic E-state index is 12.6. The summed E-state index contributed by atoms with van der Waals surface area (Å²) in [5.41, 5.74) is -0.00708. The van der Waals surface area contributed by atoms with Crippen molar-refractivity contribution in [1.82, 2.24) is 4.90 Å². The number of benzene rings is 1. The number of carbonyl (C=O) groups excluding carboxylic acids is 1. The highest BCUT2D eigenvalue weighted by molar-refractivity contribution is 7.89. The van der Waals surface area contributed by atoms with Crippen LogP contribution in [-0.4, -0.2) is 32.3 Å². The monoisotopic (exact) mass is 350 g/mol. The first kappa shape index (κ1) is 16.5. The first-order valence-electron chi connectivity index (χ1n) is 6.55. The van der Waals surface area contributed by atoms with Gasteiger partial charge in [0.1, 0.15) is 4.90 Å². The molecule has 1 fully saturated rings. The van der Waals surface area contributed by atoms with E-state index in [0.29, 0.717) is 19.0 Å². The van der Waals surface area contributed by atoms with Crippen molar-refractivity contribution in [2.24, 2.45) is 11.1 Å². The highest BCUT2D eigenvalue weighted by Crippen LogP contribution is 2.34. The van der Waals surface area contributed by atoms with E-state index in [2.05, 4.69) is 0 Å². The predicted molar refractivity (Wildman–Crippen MR) is 82.1 cm³/mol. The van der Waals surface area contributed by atoms with Crippen molar-refractivity contribution in [3.05, 3.63) is 27.7 Å². The highest BCUT2D eigenvalue weighted by atomic mass is 35.5. The predicted octanol–water partition coefficient (Wildman–Crippen LogP) is 2.51. The molecule has 0 spiro atoms. The molecular formula is C13H16Cl2N2O3S. The molecule has 1 aliphatic carbocycles. The molecule has 0 heterocycles. The van der Waals surface area contributed by atoms with Crippen LogP contribution in [0.5, 0.6) is 0 Å². The molecule has 0 atom stereocenters. The largest absolute Gasteiger partial charge is 0.339 e. The SMILES string of the molecule is CCN(CC1CC1)C(=O)c1c(Cl)ccc(S(N)(=O)=O)c1Cl. The normalized spacial score (nSPS) is 15.0. The molecule has 116 valence electrons. The summed E-state index contributed by atoms with van der Waals surface area (Å²) in [6, 6.07) is 2.53. The summed E-state index contributed by atoms with van der Waals surface area (Å²) >= 11 is 12.1. The highest BCUT2D eigenvalue weighted by Gasteiger charge is 2.30. The van der Waals surface area contributed by atoms with Gasteiger partial charge in [-0.05, 0) is 37.8 Å². The number of nitrogens with two attached hydrogens (primary N) is 1. The molecule has 5 nitrogen and oxygen atoms in total. The van der Waals surface area contributed by atoms with Gasteiger partial charge in [0.2, 0.25) is 10.0 Å².